The van der Waals surface area contributed by atoms with Crippen LogP contribution in [0.15, 0.2) is 59.5 Å². The molecule has 0 spiro atoms. The average molecular weight is 457 g/mol. The highest BCUT2D eigenvalue weighted by atomic mass is 32.2. The molecular formula is C22H24N4O5S. The molecule has 0 fully saturated rings. The van der Waals surface area contributed by atoms with E-state index in [9.17, 15) is 18.0 Å². The lowest BCUT2D eigenvalue weighted by Crippen LogP contribution is -2.31. The third-order valence-electron chi connectivity index (χ3n) is 4.91. The molecule has 0 aliphatic carbocycles. The number of aryl methyl sites for hydroxylation is 1. The molecule has 2 aromatic carbocycles. The molecule has 9 nitrogen and oxygen atoms in total. The zero-order valence-electron chi connectivity index (χ0n) is 17.9. The van der Waals surface area contributed by atoms with E-state index in [1.807, 2.05) is 35.8 Å². The molecule has 0 saturated heterocycles. The van der Waals surface area contributed by atoms with Gasteiger partial charge < -0.3 is 20.4 Å². The van der Waals surface area contributed by atoms with E-state index in [0.717, 1.165) is 11.4 Å². The van der Waals surface area contributed by atoms with Gasteiger partial charge in [-0.15, -0.1) is 0 Å². The molecule has 0 aliphatic heterocycles. The van der Waals surface area contributed by atoms with Gasteiger partial charge in [-0.1, -0.05) is 18.2 Å². The second kappa shape index (κ2) is 9.15. The zero-order valence-corrected chi connectivity index (χ0v) is 18.7. The monoisotopic (exact) mass is 456 g/mol. The van der Waals surface area contributed by atoms with Gasteiger partial charge in [-0.3, -0.25) is 4.79 Å². The summed E-state index contributed by atoms with van der Waals surface area (Å²) in [6.45, 7) is 3.74. The predicted octanol–water partition coefficient (Wildman–Crippen LogP) is 2.39. The number of nitrogens with two attached hydrogens (primary N) is 1. The number of carbonyl (C=O) groups excluding carboxylic acids is 2. The minimum atomic E-state index is -4.09. The number of nitrogens with one attached hydrogen (secondary N) is 2. The molecule has 3 amide bonds. The Bertz CT molecular complexity index is 1260. The van der Waals surface area contributed by atoms with Crippen molar-refractivity contribution >= 4 is 22.0 Å². The van der Waals surface area contributed by atoms with E-state index in [1.165, 1.54) is 24.3 Å². The molecule has 0 aliphatic rings. The maximum Gasteiger partial charge on any atom is 0.312 e. The molecule has 0 bridgehead atoms. The molecule has 0 atom stereocenters. The Labute approximate surface area is 186 Å². The van der Waals surface area contributed by atoms with Crippen molar-refractivity contribution in [1.29, 1.82) is 0 Å². The quantitative estimate of drug-likeness (QED) is 0.502. The fourth-order valence-corrected chi connectivity index (χ4v) is 4.32. The Morgan fingerprint density at radius 3 is 2.38 bits per heavy atom. The summed E-state index contributed by atoms with van der Waals surface area (Å²) in [5, 5.41) is 2.42. The second-order valence-corrected chi connectivity index (χ2v) is 8.80. The number of nitrogens with zero attached hydrogens (tertiary/aromatic N) is 1. The number of aromatic nitrogens is 1. The lowest BCUT2D eigenvalue weighted by Gasteiger charge is -2.12. The van der Waals surface area contributed by atoms with Crippen LogP contribution in [0.1, 0.15) is 27.3 Å². The highest BCUT2D eigenvalue weighted by Crippen LogP contribution is 2.24. The van der Waals surface area contributed by atoms with E-state index in [-0.39, 0.29) is 17.0 Å². The summed E-state index contributed by atoms with van der Waals surface area (Å²) in [5.41, 5.74) is 8.09. The number of amides is 3. The van der Waals surface area contributed by atoms with Crippen molar-refractivity contribution in [3.05, 3.63) is 77.1 Å². The molecule has 1 heterocycles. The molecule has 0 unspecified atom stereocenters. The molecule has 4 N–H and O–H groups in total. The number of rotatable bonds is 7. The minimum Gasteiger partial charge on any atom is -0.497 e. The van der Waals surface area contributed by atoms with Gasteiger partial charge in [0.05, 0.1) is 17.6 Å². The summed E-state index contributed by atoms with van der Waals surface area (Å²) in [5.74, 6) is -0.0650. The highest BCUT2D eigenvalue weighted by molar-refractivity contribution is 7.90. The summed E-state index contributed by atoms with van der Waals surface area (Å²) in [4.78, 5) is 23.5. The molecule has 0 saturated carbocycles. The van der Waals surface area contributed by atoms with Crippen molar-refractivity contribution in [3.8, 4) is 11.4 Å². The lowest BCUT2D eigenvalue weighted by molar-refractivity contribution is 0.0980. The van der Waals surface area contributed by atoms with Gasteiger partial charge in [-0.2, -0.15) is 0 Å². The van der Waals surface area contributed by atoms with Crippen molar-refractivity contribution in [2.75, 3.05) is 7.11 Å². The first-order valence-corrected chi connectivity index (χ1v) is 11.1. The zero-order chi connectivity index (χ0) is 23.5. The topological polar surface area (TPSA) is 133 Å². The van der Waals surface area contributed by atoms with Crippen LogP contribution in [0, 0.1) is 13.8 Å². The summed E-state index contributed by atoms with van der Waals surface area (Å²) < 4.78 is 34.6. The summed E-state index contributed by atoms with van der Waals surface area (Å²) in [7, 11) is -2.52. The average Bonchev–Trinajstić information content (AvgIpc) is 3.06. The van der Waals surface area contributed by atoms with Crippen LogP contribution >= 0.6 is 0 Å². The molecule has 32 heavy (non-hydrogen) atoms. The van der Waals surface area contributed by atoms with Crippen LogP contribution in [0.4, 0.5) is 4.79 Å². The van der Waals surface area contributed by atoms with Gasteiger partial charge in [-0.05, 0) is 49.7 Å². The van der Waals surface area contributed by atoms with Gasteiger partial charge in [0, 0.05) is 29.7 Å². The molecule has 3 rings (SSSR count). The summed E-state index contributed by atoms with van der Waals surface area (Å²) in [6, 6.07) is 14.1. The number of sulfonamides is 1. The van der Waals surface area contributed by atoms with E-state index >= 15 is 0 Å². The number of hydrogen-bond acceptors (Lipinski definition) is 5. The fraction of sp³-hybridized carbons (Fsp3) is 0.182. The molecule has 3 aromatic rings. The Balaban J connectivity index is 1.83. The third-order valence-corrected chi connectivity index (χ3v) is 6.26. The van der Waals surface area contributed by atoms with Gasteiger partial charge >= 0.3 is 6.03 Å². The molecule has 168 valence electrons. The van der Waals surface area contributed by atoms with Crippen LogP contribution in [-0.2, 0) is 16.6 Å². The van der Waals surface area contributed by atoms with Crippen LogP contribution in [0.25, 0.3) is 5.69 Å². The second-order valence-electron chi connectivity index (χ2n) is 7.12. The maximum absolute atomic E-state index is 12.8. The first kappa shape index (κ1) is 22.9. The molecule has 10 heteroatoms. The smallest absolute Gasteiger partial charge is 0.312 e. The Morgan fingerprint density at radius 2 is 1.75 bits per heavy atom. The largest absolute Gasteiger partial charge is 0.497 e. The maximum atomic E-state index is 12.8. The fourth-order valence-electron chi connectivity index (χ4n) is 3.35. The van der Waals surface area contributed by atoms with Crippen LogP contribution in [0.5, 0.6) is 5.75 Å². The van der Waals surface area contributed by atoms with Gasteiger partial charge in [0.1, 0.15) is 5.75 Å². The first-order valence-electron chi connectivity index (χ1n) is 9.65. The van der Waals surface area contributed by atoms with Gasteiger partial charge in [0.25, 0.3) is 15.9 Å². The van der Waals surface area contributed by atoms with Crippen molar-refractivity contribution in [3.63, 3.8) is 0 Å². The van der Waals surface area contributed by atoms with Crippen LogP contribution < -0.4 is 20.5 Å². The summed E-state index contributed by atoms with van der Waals surface area (Å²) in [6.07, 6.45) is 0. The van der Waals surface area contributed by atoms with Crippen molar-refractivity contribution < 1.29 is 22.7 Å². The Morgan fingerprint density at radius 1 is 1.06 bits per heavy atom. The number of carbonyl (C=O) groups is 2. The van der Waals surface area contributed by atoms with E-state index in [0.29, 0.717) is 17.0 Å². The number of methoxy groups -OCH3 is 1. The third kappa shape index (κ3) is 4.92. The predicted molar refractivity (Wildman–Crippen MR) is 119 cm³/mol. The number of urea groups is 1. The van der Waals surface area contributed by atoms with Crippen molar-refractivity contribution in [1.82, 2.24) is 14.6 Å². The summed E-state index contributed by atoms with van der Waals surface area (Å²) >= 11 is 0. The van der Waals surface area contributed by atoms with E-state index in [1.54, 1.807) is 20.1 Å². The standard InChI is InChI=1S/C22H24N4O5S/c1-14-11-20(15(2)26(14)17-5-4-6-18(12-17)31-3)21(27)25-32(29,30)19-9-7-16(8-10-19)13-24-22(23)28/h4-12H,13H2,1-3H3,(H,25,27)(H3,23,24,28). The van der Waals surface area contributed by atoms with Crippen molar-refractivity contribution in [2.24, 2.45) is 5.73 Å². The van der Waals surface area contributed by atoms with Crippen LogP contribution in [0.3, 0.4) is 0 Å². The SMILES string of the molecule is COc1cccc(-n2c(C)cc(C(=O)NS(=O)(=O)c3ccc(CNC(N)=O)cc3)c2C)c1. The number of hydrogen-bond donors (Lipinski definition) is 3. The Hall–Kier alpha value is -3.79. The van der Waals surface area contributed by atoms with Gasteiger partial charge in [0.15, 0.2) is 0 Å². The number of primary amides is 1. The molecular weight excluding hydrogens is 432 g/mol. The normalized spacial score (nSPS) is 11.1. The Kier molecular flexibility index (Phi) is 6.54. The first-order chi connectivity index (χ1) is 15.1. The van der Waals surface area contributed by atoms with E-state index in [4.69, 9.17) is 10.5 Å². The highest BCUT2D eigenvalue weighted by Gasteiger charge is 2.23. The molecule has 0 radical (unpaired) electrons. The van der Waals surface area contributed by atoms with E-state index in [2.05, 4.69) is 10.0 Å². The van der Waals surface area contributed by atoms with Crippen molar-refractivity contribution in [2.45, 2.75) is 25.3 Å². The van der Waals surface area contributed by atoms with Gasteiger partial charge in [0.2, 0.25) is 0 Å². The minimum absolute atomic E-state index is 0.0738. The lowest BCUT2D eigenvalue weighted by atomic mass is 10.2. The number of benzene rings is 2. The van der Waals surface area contributed by atoms with Crippen LogP contribution in [-0.4, -0.2) is 32.0 Å². The van der Waals surface area contributed by atoms with Crippen LogP contribution in [0.2, 0.25) is 0 Å². The molecule has 1 aromatic heterocycles. The number of ether oxygens (including phenoxy) is 1. The van der Waals surface area contributed by atoms with E-state index < -0.39 is 22.0 Å². The van der Waals surface area contributed by atoms with Gasteiger partial charge in [-0.25, -0.2) is 17.9 Å².